The predicted octanol–water partition coefficient (Wildman–Crippen LogP) is 10.8. The summed E-state index contributed by atoms with van der Waals surface area (Å²) in [6.45, 7) is 0. The fourth-order valence-corrected chi connectivity index (χ4v) is 7.43. The van der Waals surface area contributed by atoms with Crippen LogP contribution in [0.2, 0.25) is 0 Å². The molecule has 0 aliphatic heterocycles. The van der Waals surface area contributed by atoms with Crippen LogP contribution in [0.15, 0.2) is 152 Å². The van der Waals surface area contributed by atoms with Crippen molar-refractivity contribution in [2.24, 2.45) is 0 Å². The van der Waals surface area contributed by atoms with Gasteiger partial charge in [-0.15, -0.1) is 0 Å². The number of benzene rings is 7. The molecule has 2 heterocycles. The number of aromatic nitrogens is 2. The van der Waals surface area contributed by atoms with Crippen molar-refractivity contribution in [3.63, 3.8) is 0 Å². The van der Waals surface area contributed by atoms with Gasteiger partial charge >= 0.3 is 0 Å². The first-order valence-corrected chi connectivity index (χ1v) is 16.3. The Labute approximate surface area is 287 Å². The molecule has 0 saturated carbocycles. The van der Waals surface area contributed by atoms with Crippen LogP contribution in [0.4, 0.5) is 0 Å². The predicted molar refractivity (Wildman–Crippen MR) is 200 cm³/mol. The molecule has 0 bridgehead atoms. The van der Waals surface area contributed by atoms with E-state index in [9.17, 15) is 15.8 Å². The minimum atomic E-state index is 0.548. The zero-order valence-corrected chi connectivity index (χ0v) is 26.7. The second-order valence-corrected chi connectivity index (χ2v) is 12.3. The Morgan fingerprint density at radius 3 is 1.64 bits per heavy atom. The fraction of sp³-hybridized carbons (Fsp3) is 0. The summed E-state index contributed by atoms with van der Waals surface area (Å²) in [5.41, 5.74) is 11.1. The van der Waals surface area contributed by atoms with Crippen LogP contribution in [-0.2, 0) is 0 Å². The minimum Gasteiger partial charge on any atom is -0.308 e. The largest absolute Gasteiger partial charge is 0.308 e. The molecule has 0 radical (unpaired) electrons. The highest BCUT2D eigenvalue weighted by Crippen LogP contribution is 2.40. The van der Waals surface area contributed by atoms with Crippen LogP contribution < -0.4 is 0 Å². The number of fused-ring (bicyclic) bond motifs is 6. The third-order valence-corrected chi connectivity index (χ3v) is 9.63. The van der Waals surface area contributed by atoms with Crippen LogP contribution in [0.25, 0.3) is 77.2 Å². The molecule has 230 valence electrons. The molecule has 9 rings (SSSR count). The van der Waals surface area contributed by atoms with Crippen LogP contribution in [0.1, 0.15) is 16.7 Å². The fourth-order valence-electron chi connectivity index (χ4n) is 7.43. The highest BCUT2D eigenvalue weighted by atomic mass is 15.0. The lowest BCUT2D eigenvalue weighted by atomic mass is 9.95. The quantitative estimate of drug-likeness (QED) is 0.193. The molecule has 0 unspecified atom stereocenters. The van der Waals surface area contributed by atoms with Gasteiger partial charge in [0.05, 0.1) is 56.2 Å². The molecule has 0 spiro atoms. The van der Waals surface area contributed by atoms with Gasteiger partial charge in [0.25, 0.3) is 0 Å². The number of rotatable bonds is 4. The van der Waals surface area contributed by atoms with Crippen molar-refractivity contribution in [2.45, 2.75) is 0 Å². The Kier molecular flexibility index (Phi) is 6.56. The molecule has 0 fully saturated rings. The molecule has 0 saturated heterocycles. The van der Waals surface area contributed by atoms with Crippen LogP contribution in [0, 0.1) is 34.0 Å². The number of hydrogen-bond donors (Lipinski definition) is 0. The van der Waals surface area contributed by atoms with Gasteiger partial charge in [0.2, 0.25) is 0 Å². The second-order valence-electron chi connectivity index (χ2n) is 12.3. The Balaban J connectivity index is 1.25. The normalized spacial score (nSPS) is 11.1. The van der Waals surface area contributed by atoms with Gasteiger partial charge in [-0.3, -0.25) is 0 Å². The van der Waals surface area contributed by atoms with Gasteiger partial charge in [0.15, 0.2) is 0 Å². The molecule has 0 N–H and O–H groups in total. The first-order valence-electron chi connectivity index (χ1n) is 16.3. The molecule has 0 atom stereocenters. The summed E-state index contributed by atoms with van der Waals surface area (Å²) in [6.07, 6.45) is 0. The third kappa shape index (κ3) is 4.31. The van der Waals surface area contributed by atoms with Crippen molar-refractivity contribution >= 4 is 43.6 Å². The average Bonchev–Trinajstić information content (AvgIpc) is 3.69. The van der Waals surface area contributed by atoms with E-state index in [4.69, 9.17) is 0 Å². The lowest BCUT2D eigenvalue weighted by Crippen LogP contribution is -2.01. The summed E-state index contributed by atoms with van der Waals surface area (Å²) in [5, 5.41) is 34.6. The molecule has 5 heteroatoms. The Morgan fingerprint density at radius 2 is 0.960 bits per heavy atom. The minimum absolute atomic E-state index is 0.548. The monoisotopic (exact) mass is 635 g/mol. The standard InChI is InChI=1S/C45H25N5/c46-26-29-19-22-43-39(23-29)38-14-3-6-18-42(38)50(43)45-34(28-48)11-8-15-35(45)32-10-7-9-30(24-32)31-20-21-33(27-47)44(25-31)49-40-16-4-1-12-36(40)37-13-2-5-17-41(37)49/h1-25H. The molecule has 5 nitrogen and oxygen atoms in total. The van der Waals surface area contributed by atoms with Crippen molar-refractivity contribution in [1.29, 1.82) is 15.8 Å². The van der Waals surface area contributed by atoms with E-state index in [1.807, 2.05) is 84.9 Å². The third-order valence-electron chi connectivity index (χ3n) is 9.63. The lowest BCUT2D eigenvalue weighted by molar-refractivity contribution is 1.17. The van der Waals surface area contributed by atoms with Gasteiger partial charge in [-0.25, -0.2) is 0 Å². The maximum Gasteiger partial charge on any atom is 0.101 e. The van der Waals surface area contributed by atoms with Gasteiger partial charge in [-0.05, 0) is 77.4 Å². The summed E-state index contributed by atoms with van der Waals surface area (Å²) < 4.78 is 4.33. The Morgan fingerprint density at radius 1 is 0.380 bits per heavy atom. The van der Waals surface area contributed by atoms with Crippen molar-refractivity contribution in [1.82, 2.24) is 9.13 Å². The van der Waals surface area contributed by atoms with Gasteiger partial charge in [-0.1, -0.05) is 91.0 Å². The van der Waals surface area contributed by atoms with E-state index in [0.29, 0.717) is 16.7 Å². The molecular formula is C45H25N5. The van der Waals surface area contributed by atoms with Gasteiger partial charge < -0.3 is 9.13 Å². The lowest BCUT2D eigenvalue weighted by Gasteiger charge is -2.17. The molecule has 9 aromatic rings. The zero-order valence-electron chi connectivity index (χ0n) is 26.7. The van der Waals surface area contributed by atoms with E-state index in [1.165, 1.54) is 0 Å². The van der Waals surface area contributed by atoms with Crippen molar-refractivity contribution in [2.75, 3.05) is 0 Å². The number of hydrogen-bond acceptors (Lipinski definition) is 3. The van der Waals surface area contributed by atoms with Gasteiger partial charge in [0.1, 0.15) is 12.1 Å². The maximum atomic E-state index is 10.4. The van der Waals surface area contributed by atoms with Crippen molar-refractivity contribution in [3.8, 4) is 51.8 Å². The summed E-state index contributed by atoms with van der Waals surface area (Å²) in [4.78, 5) is 0. The van der Waals surface area contributed by atoms with Crippen molar-refractivity contribution in [3.05, 3.63) is 168 Å². The number of para-hydroxylation sites is 4. The maximum absolute atomic E-state index is 10.4. The molecule has 7 aromatic carbocycles. The van der Waals surface area contributed by atoms with E-state index in [1.54, 1.807) is 0 Å². The van der Waals surface area contributed by atoms with E-state index in [-0.39, 0.29) is 0 Å². The van der Waals surface area contributed by atoms with E-state index in [2.05, 4.69) is 94.1 Å². The Hall–Kier alpha value is -7.39. The topological polar surface area (TPSA) is 81.2 Å². The van der Waals surface area contributed by atoms with E-state index < -0.39 is 0 Å². The number of nitriles is 3. The van der Waals surface area contributed by atoms with E-state index >= 15 is 0 Å². The first-order chi connectivity index (χ1) is 24.7. The highest BCUT2D eigenvalue weighted by Gasteiger charge is 2.20. The Bertz CT molecular complexity index is 2920. The zero-order chi connectivity index (χ0) is 33.8. The summed E-state index contributed by atoms with van der Waals surface area (Å²) >= 11 is 0. The number of nitrogens with zero attached hydrogens (tertiary/aromatic N) is 5. The van der Waals surface area contributed by atoms with Crippen LogP contribution in [-0.4, -0.2) is 9.13 Å². The summed E-state index contributed by atoms with van der Waals surface area (Å²) in [7, 11) is 0. The smallest absolute Gasteiger partial charge is 0.101 e. The van der Waals surface area contributed by atoms with Crippen LogP contribution in [0.5, 0.6) is 0 Å². The molecule has 2 aromatic heterocycles. The molecule has 0 aliphatic carbocycles. The van der Waals surface area contributed by atoms with Crippen LogP contribution >= 0.6 is 0 Å². The molecule has 50 heavy (non-hydrogen) atoms. The van der Waals surface area contributed by atoms with Crippen molar-refractivity contribution < 1.29 is 0 Å². The molecule has 0 amide bonds. The SMILES string of the molecule is N#Cc1ccc2c(c1)c1ccccc1n2-c1c(C#N)cccc1-c1cccc(-c2ccc(C#N)c(-n3c4ccccc4c4ccccc43)c2)c1. The highest BCUT2D eigenvalue weighted by molar-refractivity contribution is 6.11. The molecular weight excluding hydrogens is 611 g/mol. The second kappa shape index (κ2) is 11.4. The molecule has 0 aliphatic rings. The van der Waals surface area contributed by atoms with Gasteiger partial charge in [-0.2, -0.15) is 15.8 Å². The first kappa shape index (κ1) is 28.8. The summed E-state index contributed by atoms with van der Waals surface area (Å²) in [6, 6.07) is 57.8. The summed E-state index contributed by atoms with van der Waals surface area (Å²) in [5.74, 6) is 0. The van der Waals surface area contributed by atoms with E-state index in [0.717, 1.165) is 77.2 Å². The van der Waals surface area contributed by atoms with Gasteiger partial charge in [0, 0.05) is 27.1 Å². The average molecular weight is 636 g/mol. The van der Waals surface area contributed by atoms with Crippen LogP contribution in [0.3, 0.4) is 0 Å².